The third kappa shape index (κ3) is 4.43. The lowest BCUT2D eigenvalue weighted by Gasteiger charge is -2.07. The molecule has 6 heteroatoms. The zero-order valence-electron chi connectivity index (χ0n) is 17.3. The molecular weight excluding hydrogens is 390 g/mol. The van der Waals surface area contributed by atoms with Gasteiger partial charge < -0.3 is 4.74 Å². The summed E-state index contributed by atoms with van der Waals surface area (Å²) in [5, 5.41) is 4.88. The van der Waals surface area contributed by atoms with Crippen molar-refractivity contribution < 1.29 is 9.53 Å². The molecule has 0 spiro atoms. The minimum absolute atomic E-state index is 0.206. The zero-order valence-corrected chi connectivity index (χ0v) is 17.3. The molecule has 0 unspecified atom stereocenters. The zero-order chi connectivity index (χ0) is 21.8. The topological polar surface area (TPSA) is 73.6 Å². The Labute approximate surface area is 179 Å². The van der Waals surface area contributed by atoms with Gasteiger partial charge in [-0.2, -0.15) is 9.78 Å². The van der Waals surface area contributed by atoms with Gasteiger partial charge in [-0.1, -0.05) is 36.8 Å². The molecule has 1 heterocycles. The summed E-state index contributed by atoms with van der Waals surface area (Å²) < 4.78 is 6.74. The van der Waals surface area contributed by atoms with Gasteiger partial charge >= 0.3 is 5.97 Å². The van der Waals surface area contributed by atoms with Gasteiger partial charge in [-0.25, -0.2) is 9.78 Å². The van der Waals surface area contributed by atoms with Crippen LogP contribution in [0, 0.1) is 6.92 Å². The summed E-state index contributed by atoms with van der Waals surface area (Å²) in [5.41, 5.74) is 2.79. The first-order chi connectivity index (χ1) is 15.0. The van der Waals surface area contributed by atoms with E-state index in [1.54, 1.807) is 48.7 Å². The number of aryl methyl sites for hydroxylation is 2. The number of fused-ring (bicyclic) bond motifs is 1. The van der Waals surface area contributed by atoms with Gasteiger partial charge in [0.1, 0.15) is 11.6 Å². The first-order valence-electron chi connectivity index (χ1n) is 9.99. The highest BCUT2D eigenvalue weighted by Gasteiger charge is 2.09. The number of hydrogen-bond donors (Lipinski definition) is 0. The number of hydrogen-bond acceptors (Lipinski definition) is 5. The summed E-state index contributed by atoms with van der Waals surface area (Å²) in [7, 11) is 0. The SMILES string of the molecule is CCc1nc2ccccc2c(=O)n1/N=C/c1ccc(OC(=O)c2ccc(C)cc2)cc1. The van der Waals surface area contributed by atoms with E-state index in [1.165, 1.54) is 4.68 Å². The molecule has 0 aliphatic carbocycles. The molecule has 4 rings (SSSR count). The third-order valence-corrected chi connectivity index (χ3v) is 4.84. The van der Waals surface area contributed by atoms with Gasteiger partial charge in [0.05, 0.1) is 22.7 Å². The highest BCUT2D eigenvalue weighted by Crippen LogP contribution is 2.14. The number of nitrogens with zero attached hydrogens (tertiary/aromatic N) is 3. The van der Waals surface area contributed by atoms with Crippen molar-refractivity contribution in [3.05, 3.63) is 106 Å². The maximum absolute atomic E-state index is 12.8. The molecule has 0 fully saturated rings. The lowest BCUT2D eigenvalue weighted by Crippen LogP contribution is -2.22. The molecule has 0 aliphatic rings. The highest BCUT2D eigenvalue weighted by molar-refractivity contribution is 5.91. The molecule has 0 N–H and O–H groups in total. The summed E-state index contributed by atoms with van der Waals surface area (Å²) >= 11 is 0. The second-order valence-electron chi connectivity index (χ2n) is 7.08. The Morgan fingerprint density at radius 3 is 2.45 bits per heavy atom. The van der Waals surface area contributed by atoms with Gasteiger partial charge in [-0.05, 0) is 61.0 Å². The van der Waals surface area contributed by atoms with Gasteiger partial charge in [0, 0.05) is 6.42 Å². The molecular formula is C25H21N3O3. The van der Waals surface area contributed by atoms with Crippen molar-refractivity contribution in [2.45, 2.75) is 20.3 Å². The smallest absolute Gasteiger partial charge is 0.343 e. The van der Waals surface area contributed by atoms with Crippen LogP contribution >= 0.6 is 0 Å². The number of rotatable bonds is 5. The Balaban J connectivity index is 1.54. The maximum atomic E-state index is 12.8. The fourth-order valence-electron chi connectivity index (χ4n) is 3.12. The second-order valence-corrected chi connectivity index (χ2v) is 7.08. The van der Waals surface area contributed by atoms with Crippen LogP contribution < -0.4 is 10.3 Å². The Morgan fingerprint density at radius 2 is 1.74 bits per heavy atom. The van der Waals surface area contributed by atoms with Crippen molar-refractivity contribution in [2.24, 2.45) is 5.10 Å². The van der Waals surface area contributed by atoms with Crippen LogP contribution in [0.5, 0.6) is 5.75 Å². The van der Waals surface area contributed by atoms with Crippen molar-refractivity contribution in [1.82, 2.24) is 9.66 Å². The lowest BCUT2D eigenvalue weighted by atomic mass is 10.1. The molecule has 0 saturated carbocycles. The van der Waals surface area contributed by atoms with Crippen LogP contribution in [0.25, 0.3) is 10.9 Å². The molecule has 0 amide bonds. The molecule has 0 bridgehead atoms. The summed E-state index contributed by atoms with van der Waals surface area (Å²) in [4.78, 5) is 29.6. The van der Waals surface area contributed by atoms with Gasteiger partial charge in [0.15, 0.2) is 0 Å². The van der Waals surface area contributed by atoms with Crippen LogP contribution in [0.2, 0.25) is 0 Å². The quantitative estimate of drug-likeness (QED) is 0.278. The Bertz CT molecular complexity index is 1320. The van der Waals surface area contributed by atoms with Gasteiger partial charge in [0.25, 0.3) is 5.56 Å². The van der Waals surface area contributed by atoms with E-state index in [0.717, 1.165) is 11.1 Å². The van der Waals surface area contributed by atoms with E-state index in [9.17, 15) is 9.59 Å². The normalized spacial score (nSPS) is 11.2. The van der Waals surface area contributed by atoms with Crippen molar-refractivity contribution in [2.75, 3.05) is 0 Å². The largest absolute Gasteiger partial charge is 0.423 e. The second kappa shape index (κ2) is 8.75. The lowest BCUT2D eigenvalue weighted by molar-refractivity contribution is 0.0735. The van der Waals surface area contributed by atoms with E-state index in [-0.39, 0.29) is 5.56 Å². The number of ether oxygens (including phenoxy) is 1. The molecule has 0 aliphatic heterocycles. The van der Waals surface area contributed by atoms with E-state index in [4.69, 9.17) is 4.74 Å². The number of carbonyl (C=O) groups is 1. The molecule has 3 aromatic carbocycles. The van der Waals surface area contributed by atoms with E-state index < -0.39 is 5.97 Å². The summed E-state index contributed by atoms with van der Waals surface area (Å²) in [5.74, 6) is 0.605. The van der Waals surface area contributed by atoms with E-state index in [0.29, 0.717) is 34.5 Å². The maximum Gasteiger partial charge on any atom is 0.343 e. The van der Waals surface area contributed by atoms with Gasteiger partial charge in [-0.3, -0.25) is 4.79 Å². The Kier molecular flexibility index (Phi) is 5.71. The Hall–Kier alpha value is -4.06. The van der Waals surface area contributed by atoms with Gasteiger partial charge in [-0.15, -0.1) is 0 Å². The number of aromatic nitrogens is 2. The monoisotopic (exact) mass is 411 g/mol. The summed E-state index contributed by atoms with van der Waals surface area (Å²) in [6, 6.07) is 21.3. The molecule has 0 atom stereocenters. The minimum atomic E-state index is -0.414. The van der Waals surface area contributed by atoms with Crippen LogP contribution in [0.4, 0.5) is 0 Å². The molecule has 1 aromatic heterocycles. The minimum Gasteiger partial charge on any atom is -0.423 e. The summed E-state index contributed by atoms with van der Waals surface area (Å²) in [6.45, 7) is 3.89. The molecule has 6 nitrogen and oxygen atoms in total. The molecule has 0 saturated heterocycles. The third-order valence-electron chi connectivity index (χ3n) is 4.84. The molecule has 0 radical (unpaired) electrons. The van der Waals surface area contributed by atoms with Crippen molar-refractivity contribution in [3.8, 4) is 5.75 Å². The van der Waals surface area contributed by atoms with Crippen LogP contribution in [0.15, 0.2) is 82.7 Å². The first kappa shape index (κ1) is 20.2. The predicted molar refractivity (Wildman–Crippen MR) is 121 cm³/mol. The van der Waals surface area contributed by atoms with E-state index in [2.05, 4.69) is 10.1 Å². The average molecular weight is 411 g/mol. The fourth-order valence-corrected chi connectivity index (χ4v) is 3.12. The number of para-hydroxylation sites is 1. The first-order valence-corrected chi connectivity index (χ1v) is 9.99. The number of esters is 1. The van der Waals surface area contributed by atoms with Crippen molar-refractivity contribution in [3.63, 3.8) is 0 Å². The highest BCUT2D eigenvalue weighted by atomic mass is 16.5. The van der Waals surface area contributed by atoms with Crippen LogP contribution in [0.3, 0.4) is 0 Å². The van der Waals surface area contributed by atoms with Crippen molar-refractivity contribution >= 4 is 23.1 Å². The van der Waals surface area contributed by atoms with E-state index >= 15 is 0 Å². The van der Waals surface area contributed by atoms with Gasteiger partial charge in [0.2, 0.25) is 0 Å². The van der Waals surface area contributed by atoms with Crippen LogP contribution in [0.1, 0.15) is 34.2 Å². The molecule has 4 aromatic rings. The standard InChI is InChI=1S/C25H21N3O3/c1-3-23-27-22-7-5-4-6-21(22)24(29)28(23)26-16-18-10-14-20(15-11-18)31-25(30)19-12-8-17(2)9-13-19/h4-16H,3H2,1-2H3/b26-16+. The number of benzene rings is 3. The van der Waals surface area contributed by atoms with Crippen LogP contribution in [-0.4, -0.2) is 21.8 Å². The predicted octanol–water partition coefficient (Wildman–Crippen LogP) is 4.37. The molecule has 31 heavy (non-hydrogen) atoms. The molecule has 154 valence electrons. The summed E-state index contributed by atoms with van der Waals surface area (Å²) in [6.07, 6.45) is 2.16. The van der Waals surface area contributed by atoms with E-state index in [1.807, 2.05) is 44.2 Å². The fraction of sp³-hybridized carbons (Fsp3) is 0.120. The average Bonchev–Trinajstić information content (AvgIpc) is 2.79. The van der Waals surface area contributed by atoms with Crippen LogP contribution in [-0.2, 0) is 6.42 Å². The van der Waals surface area contributed by atoms with Crippen molar-refractivity contribution in [1.29, 1.82) is 0 Å². The number of carbonyl (C=O) groups excluding carboxylic acids is 1. The Morgan fingerprint density at radius 1 is 1.03 bits per heavy atom.